The summed E-state index contributed by atoms with van der Waals surface area (Å²) in [5, 5.41) is 3.71. The molecule has 1 N–H and O–H groups in total. The zero-order valence-corrected chi connectivity index (χ0v) is 14.0. The number of likely N-dealkylation sites (N-methyl/N-ethyl adjacent to an activating group) is 1. The molecule has 1 unspecified atom stereocenters. The van der Waals surface area contributed by atoms with Crippen LogP contribution in [0.5, 0.6) is 0 Å². The number of nitrogens with one attached hydrogen (secondary N) is 1. The summed E-state index contributed by atoms with van der Waals surface area (Å²) in [4.78, 5) is 2.40. The number of rotatable bonds is 8. The SMILES string of the molecule is CC(C)C(CN(C)Cc1ccccc1)NCc1ccccc1. The van der Waals surface area contributed by atoms with E-state index in [1.165, 1.54) is 11.1 Å². The average molecular weight is 296 g/mol. The van der Waals surface area contributed by atoms with E-state index in [0.717, 1.165) is 19.6 Å². The van der Waals surface area contributed by atoms with E-state index in [1.54, 1.807) is 0 Å². The maximum atomic E-state index is 3.71. The van der Waals surface area contributed by atoms with Gasteiger partial charge in [-0.15, -0.1) is 0 Å². The van der Waals surface area contributed by atoms with E-state index in [9.17, 15) is 0 Å². The lowest BCUT2D eigenvalue weighted by atomic mass is 10.0. The van der Waals surface area contributed by atoms with Gasteiger partial charge in [-0.2, -0.15) is 0 Å². The molecule has 2 aromatic rings. The topological polar surface area (TPSA) is 15.3 Å². The number of benzene rings is 2. The fraction of sp³-hybridized carbons (Fsp3) is 0.400. The van der Waals surface area contributed by atoms with Crippen LogP contribution in [0.2, 0.25) is 0 Å². The lowest BCUT2D eigenvalue weighted by molar-refractivity contribution is 0.247. The van der Waals surface area contributed by atoms with Crippen molar-refractivity contribution in [2.24, 2.45) is 5.92 Å². The van der Waals surface area contributed by atoms with E-state index in [1.807, 2.05) is 0 Å². The van der Waals surface area contributed by atoms with Crippen molar-refractivity contribution >= 4 is 0 Å². The van der Waals surface area contributed by atoms with E-state index in [0.29, 0.717) is 12.0 Å². The highest BCUT2D eigenvalue weighted by Gasteiger charge is 2.15. The van der Waals surface area contributed by atoms with Gasteiger partial charge >= 0.3 is 0 Å². The highest BCUT2D eigenvalue weighted by atomic mass is 15.1. The predicted octanol–water partition coefficient (Wildman–Crippen LogP) is 3.93. The first-order valence-corrected chi connectivity index (χ1v) is 8.15. The van der Waals surface area contributed by atoms with E-state index < -0.39 is 0 Å². The Hall–Kier alpha value is -1.64. The van der Waals surface area contributed by atoms with Crippen molar-refractivity contribution in [3.8, 4) is 0 Å². The van der Waals surface area contributed by atoms with Crippen molar-refractivity contribution < 1.29 is 0 Å². The van der Waals surface area contributed by atoms with Crippen molar-refractivity contribution in [1.29, 1.82) is 0 Å². The maximum Gasteiger partial charge on any atom is 0.0231 e. The molecule has 0 saturated carbocycles. The van der Waals surface area contributed by atoms with Crippen molar-refractivity contribution in [3.63, 3.8) is 0 Å². The molecular weight excluding hydrogens is 268 g/mol. The van der Waals surface area contributed by atoms with Crippen molar-refractivity contribution in [2.75, 3.05) is 13.6 Å². The summed E-state index contributed by atoms with van der Waals surface area (Å²) in [7, 11) is 2.20. The highest BCUT2D eigenvalue weighted by molar-refractivity contribution is 5.15. The molecule has 0 spiro atoms. The zero-order valence-electron chi connectivity index (χ0n) is 14.0. The molecular formula is C20H28N2. The first kappa shape index (κ1) is 16.7. The normalized spacial score (nSPS) is 12.8. The van der Waals surface area contributed by atoms with Crippen molar-refractivity contribution in [1.82, 2.24) is 10.2 Å². The molecule has 0 amide bonds. The monoisotopic (exact) mass is 296 g/mol. The van der Waals surface area contributed by atoms with Crippen LogP contribution in [0, 0.1) is 5.92 Å². The summed E-state index contributed by atoms with van der Waals surface area (Å²) in [6.45, 7) is 7.57. The summed E-state index contributed by atoms with van der Waals surface area (Å²) < 4.78 is 0. The first-order valence-electron chi connectivity index (χ1n) is 8.15. The minimum Gasteiger partial charge on any atom is -0.308 e. The van der Waals surface area contributed by atoms with Crippen LogP contribution in [-0.4, -0.2) is 24.5 Å². The third-order valence-corrected chi connectivity index (χ3v) is 4.02. The summed E-state index contributed by atoms with van der Waals surface area (Å²) in [5.74, 6) is 0.613. The van der Waals surface area contributed by atoms with Gasteiger partial charge in [0, 0.05) is 25.7 Å². The molecule has 1 atom stereocenters. The number of hydrogen-bond acceptors (Lipinski definition) is 2. The van der Waals surface area contributed by atoms with E-state index >= 15 is 0 Å². The van der Waals surface area contributed by atoms with Crippen LogP contribution in [0.25, 0.3) is 0 Å². The molecule has 0 aromatic heterocycles. The predicted molar refractivity (Wildman–Crippen MR) is 94.7 cm³/mol. The Morgan fingerprint density at radius 2 is 1.41 bits per heavy atom. The van der Waals surface area contributed by atoms with Crippen LogP contribution in [-0.2, 0) is 13.1 Å². The van der Waals surface area contributed by atoms with Gasteiger partial charge in [-0.3, -0.25) is 0 Å². The second-order valence-electron chi connectivity index (χ2n) is 6.40. The number of hydrogen-bond donors (Lipinski definition) is 1. The minimum atomic E-state index is 0.494. The molecule has 0 bridgehead atoms. The Kier molecular flexibility index (Phi) is 6.63. The van der Waals surface area contributed by atoms with Gasteiger partial charge in [-0.25, -0.2) is 0 Å². The molecule has 2 rings (SSSR count). The first-order chi connectivity index (χ1) is 10.6. The third kappa shape index (κ3) is 5.63. The Balaban J connectivity index is 1.85. The van der Waals surface area contributed by atoms with Crippen molar-refractivity contribution in [3.05, 3.63) is 71.8 Å². The molecule has 0 aliphatic rings. The summed E-state index contributed by atoms with van der Waals surface area (Å²) in [5.41, 5.74) is 2.72. The van der Waals surface area contributed by atoms with Crippen LogP contribution in [0.3, 0.4) is 0 Å². The highest BCUT2D eigenvalue weighted by Crippen LogP contribution is 2.09. The Labute approximate surface area is 135 Å². The molecule has 118 valence electrons. The molecule has 22 heavy (non-hydrogen) atoms. The second-order valence-corrected chi connectivity index (χ2v) is 6.40. The summed E-state index contributed by atoms with van der Waals surface area (Å²) in [6, 6.07) is 21.8. The minimum absolute atomic E-state index is 0.494. The van der Waals surface area contributed by atoms with Crippen molar-refractivity contribution in [2.45, 2.75) is 33.0 Å². The van der Waals surface area contributed by atoms with E-state index in [2.05, 4.69) is 91.8 Å². The van der Waals surface area contributed by atoms with Gasteiger partial charge in [0.2, 0.25) is 0 Å². The average Bonchev–Trinajstić information content (AvgIpc) is 2.53. The van der Waals surface area contributed by atoms with Crippen LogP contribution in [0.4, 0.5) is 0 Å². The van der Waals surface area contributed by atoms with E-state index in [-0.39, 0.29) is 0 Å². The van der Waals surface area contributed by atoms with E-state index in [4.69, 9.17) is 0 Å². The van der Waals surface area contributed by atoms with Gasteiger partial charge in [0.25, 0.3) is 0 Å². The largest absolute Gasteiger partial charge is 0.308 e. The van der Waals surface area contributed by atoms with Gasteiger partial charge in [0.1, 0.15) is 0 Å². The Bertz CT molecular complexity index is 522. The molecule has 2 heteroatoms. The smallest absolute Gasteiger partial charge is 0.0231 e. The van der Waals surface area contributed by atoms with Crippen LogP contribution in [0.1, 0.15) is 25.0 Å². The summed E-state index contributed by atoms with van der Waals surface area (Å²) in [6.07, 6.45) is 0. The third-order valence-electron chi connectivity index (χ3n) is 4.02. The molecule has 0 saturated heterocycles. The molecule has 0 heterocycles. The lowest BCUT2D eigenvalue weighted by Gasteiger charge is -2.28. The molecule has 2 aromatic carbocycles. The molecule has 0 radical (unpaired) electrons. The maximum absolute atomic E-state index is 3.71. The van der Waals surface area contributed by atoms with Crippen LogP contribution >= 0.6 is 0 Å². The standard InChI is InChI=1S/C20H28N2/c1-17(2)20(21-14-18-10-6-4-7-11-18)16-22(3)15-19-12-8-5-9-13-19/h4-13,17,20-21H,14-16H2,1-3H3. The molecule has 0 aliphatic carbocycles. The lowest BCUT2D eigenvalue weighted by Crippen LogP contribution is -2.42. The van der Waals surface area contributed by atoms with Gasteiger partial charge in [-0.05, 0) is 24.1 Å². The van der Waals surface area contributed by atoms with Gasteiger partial charge in [-0.1, -0.05) is 74.5 Å². The quantitative estimate of drug-likeness (QED) is 0.794. The van der Waals surface area contributed by atoms with Crippen LogP contribution in [0.15, 0.2) is 60.7 Å². The Morgan fingerprint density at radius 1 is 0.864 bits per heavy atom. The summed E-state index contributed by atoms with van der Waals surface area (Å²) >= 11 is 0. The number of nitrogens with zero attached hydrogens (tertiary/aromatic N) is 1. The zero-order chi connectivity index (χ0) is 15.8. The van der Waals surface area contributed by atoms with Gasteiger partial charge < -0.3 is 10.2 Å². The van der Waals surface area contributed by atoms with Gasteiger partial charge in [0.15, 0.2) is 0 Å². The molecule has 2 nitrogen and oxygen atoms in total. The molecule has 0 fully saturated rings. The second kappa shape index (κ2) is 8.72. The Morgan fingerprint density at radius 3 is 1.95 bits per heavy atom. The fourth-order valence-corrected chi connectivity index (χ4v) is 2.65. The van der Waals surface area contributed by atoms with Gasteiger partial charge in [0.05, 0.1) is 0 Å². The van der Waals surface area contributed by atoms with Crippen LogP contribution < -0.4 is 5.32 Å². The fourth-order valence-electron chi connectivity index (χ4n) is 2.65. The molecule has 0 aliphatic heterocycles.